The van der Waals surface area contributed by atoms with Crippen LogP contribution in [0, 0.1) is 5.92 Å². The van der Waals surface area contributed by atoms with E-state index in [1.165, 1.54) is 24.0 Å². The summed E-state index contributed by atoms with van der Waals surface area (Å²) in [5.41, 5.74) is 2.79. The Morgan fingerprint density at radius 3 is 3.00 bits per heavy atom. The Labute approximate surface area is 86.1 Å². The van der Waals surface area contributed by atoms with Gasteiger partial charge in [0.05, 0.1) is 6.61 Å². The Morgan fingerprint density at radius 1 is 1.36 bits per heavy atom. The second kappa shape index (κ2) is 4.04. The maximum Gasteiger partial charge on any atom is 0.122 e. The van der Waals surface area contributed by atoms with Gasteiger partial charge in [-0.3, -0.25) is 0 Å². The first-order valence-corrected chi connectivity index (χ1v) is 5.50. The van der Waals surface area contributed by atoms with Gasteiger partial charge in [0.2, 0.25) is 0 Å². The van der Waals surface area contributed by atoms with Crippen LogP contribution in [0.4, 0.5) is 0 Å². The van der Waals surface area contributed by atoms with E-state index in [0.717, 1.165) is 24.7 Å². The molecule has 1 heterocycles. The Kier molecular flexibility index (Phi) is 2.76. The van der Waals surface area contributed by atoms with Crippen molar-refractivity contribution in [3.05, 3.63) is 29.3 Å². The molecule has 0 atom stereocenters. The molecule has 1 aliphatic rings. The number of hydrogen-bond acceptors (Lipinski definition) is 1. The molecule has 0 bridgehead atoms. The average molecular weight is 190 g/mol. The molecule has 0 N–H and O–H groups in total. The number of fused-ring (bicyclic) bond motifs is 1. The summed E-state index contributed by atoms with van der Waals surface area (Å²) >= 11 is 0. The molecule has 1 aromatic rings. The van der Waals surface area contributed by atoms with E-state index in [2.05, 4.69) is 32.0 Å². The molecule has 1 aromatic carbocycles. The van der Waals surface area contributed by atoms with E-state index in [0.29, 0.717) is 0 Å². The zero-order valence-electron chi connectivity index (χ0n) is 9.05. The molecule has 0 spiro atoms. The second-order valence-corrected chi connectivity index (χ2v) is 4.47. The molecule has 14 heavy (non-hydrogen) atoms. The van der Waals surface area contributed by atoms with Crippen LogP contribution in [0.3, 0.4) is 0 Å². The molecule has 0 unspecified atom stereocenters. The first-order chi connectivity index (χ1) is 6.75. The Balaban J connectivity index is 2.05. The van der Waals surface area contributed by atoms with Crippen LogP contribution in [-0.4, -0.2) is 6.61 Å². The molecule has 0 saturated carbocycles. The van der Waals surface area contributed by atoms with E-state index < -0.39 is 0 Å². The summed E-state index contributed by atoms with van der Waals surface area (Å²) in [4.78, 5) is 0. The quantitative estimate of drug-likeness (QED) is 0.711. The summed E-state index contributed by atoms with van der Waals surface area (Å²) in [6, 6.07) is 6.68. The summed E-state index contributed by atoms with van der Waals surface area (Å²) in [6.45, 7) is 5.40. The number of hydrogen-bond donors (Lipinski definition) is 0. The smallest absolute Gasteiger partial charge is 0.122 e. The van der Waals surface area contributed by atoms with Crippen LogP contribution in [0.5, 0.6) is 5.75 Å². The molecule has 0 fully saturated rings. The second-order valence-electron chi connectivity index (χ2n) is 4.47. The molecular formula is C13H18O. The number of ether oxygens (including phenoxy) is 1. The van der Waals surface area contributed by atoms with Gasteiger partial charge < -0.3 is 4.74 Å². The van der Waals surface area contributed by atoms with Crippen LogP contribution in [0.2, 0.25) is 0 Å². The molecule has 0 aliphatic carbocycles. The van der Waals surface area contributed by atoms with Crippen molar-refractivity contribution in [1.29, 1.82) is 0 Å². The molecule has 0 radical (unpaired) electrons. The third-order valence-electron chi connectivity index (χ3n) is 2.77. The van der Waals surface area contributed by atoms with Crippen molar-refractivity contribution in [3.63, 3.8) is 0 Å². The van der Waals surface area contributed by atoms with Crippen molar-refractivity contribution in [2.75, 3.05) is 6.61 Å². The maximum absolute atomic E-state index is 5.55. The van der Waals surface area contributed by atoms with E-state index in [9.17, 15) is 0 Å². The van der Waals surface area contributed by atoms with Gasteiger partial charge in [0, 0.05) is 6.42 Å². The minimum atomic E-state index is 0.782. The molecule has 1 aliphatic heterocycles. The van der Waals surface area contributed by atoms with Crippen molar-refractivity contribution < 1.29 is 4.74 Å². The Hall–Kier alpha value is -0.980. The van der Waals surface area contributed by atoms with Gasteiger partial charge in [-0.05, 0) is 36.0 Å². The van der Waals surface area contributed by atoms with Crippen molar-refractivity contribution in [1.82, 2.24) is 0 Å². The number of benzene rings is 1. The fourth-order valence-electron chi connectivity index (χ4n) is 1.82. The van der Waals surface area contributed by atoms with Crippen LogP contribution in [0.1, 0.15) is 31.4 Å². The van der Waals surface area contributed by atoms with Crippen molar-refractivity contribution in [2.45, 2.75) is 33.1 Å². The van der Waals surface area contributed by atoms with Crippen LogP contribution >= 0.6 is 0 Å². The van der Waals surface area contributed by atoms with Gasteiger partial charge >= 0.3 is 0 Å². The van der Waals surface area contributed by atoms with E-state index in [-0.39, 0.29) is 0 Å². The fraction of sp³-hybridized carbons (Fsp3) is 0.538. The summed E-state index contributed by atoms with van der Waals surface area (Å²) in [7, 11) is 0. The topological polar surface area (TPSA) is 9.23 Å². The standard InChI is InChI=1S/C13H18O/c1-10(2)3-4-11-5-6-12-7-8-14-13(12)9-11/h5-6,9-10H,3-4,7-8H2,1-2H3. The van der Waals surface area contributed by atoms with E-state index in [4.69, 9.17) is 4.74 Å². The van der Waals surface area contributed by atoms with Gasteiger partial charge in [0.25, 0.3) is 0 Å². The molecule has 76 valence electrons. The van der Waals surface area contributed by atoms with Gasteiger partial charge in [-0.25, -0.2) is 0 Å². The van der Waals surface area contributed by atoms with Crippen LogP contribution < -0.4 is 4.74 Å². The third kappa shape index (κ3) is 2.09. The Morgan fingerprint density at radius 2 is 2.21 bits per heavy atom. The molecule has 0 aromatic heterocycles. The molecule has 2 rings (SSSR count). The number of rotatable bonds is 3. The predicted molar refractivity (Wildman–Crippen MR) is 58.8 cm³/mol. The van der Waals surface area contributed by atoms with Gasteiger partial charge in [0.15, 0.2) is 0 Å². The van der Waals surface area contributed by atoms with Crippen molar-refractivity contribution in [2.24, 2.45) is 5.92 Å². The fourth-order valence-corrected chi connectivity index (χ4v) is 1.82. The highest BCUT2D eigenvalue weighted by Crippen LogP contribution is 2.26. The molecule has 1 nitrogen and oxygen atoms in total. The number of aryl methyl sites for hydroxylation is 1. The molecule has 1 heteroatoms. The lowest BCUT2D eigenvalue weighted by Gasteiger charge is -2.06. The van der Waals surface area contributed by atoms with E-state index >= 15 is 0 Å². The highest BCUT2D eigenvalue weighted by atomic mass is 16.5. The molecular weight excluding hydrogens is 172 g/mol. The summed E-state index contributed by atoms with van der Waals surface area (Å²) in [6.07, 6.45) is 3.52. The minimum absolute atomic E-state index is 0.782. The van der Waals surface area contributed by atoms with Crippen LogP contribution in [0.25, 0.3) is 0 Å². The van der Waals surface area contributed by atoms with Gasteiger partial charge in [0.1, 0.15) is 5.75 Å². The average Bonchev–Trinajstić information content (AvgIpc) is 2.61. The largest absolute Gasteiger partial charge is 0.493 e. The lowest BCUT2D eigenvalue weighted by atomic mass is 10.0. The van der Waals surface area contributed by atoms with E-state index in [1.54, 1.807) is 0 Å². The SMILES string of the molecule is CC(C)CCc1ccc2c(c1)OCC2. The summed E-state index contributed by atoms with van der Waals surface area (Å²) < 4.78 is 5.55. The van der Waals surface area contributed by atoms with Gasteiger partial charge in [-0.15, -0.1) is 0 Å². The highest BCUT2D eigenvalue weighted by Gasteiger charge is 2.11. The van der Waals surface area contributed by atoms with Crippen LogP contribution in [0.15, 0.2) is 18.2 Å². The van der Waals surface area contributed by atoms with Gasteiger partial charge in [-0.2, -0.15) is 0 Å². The minimum Gasteiger partial charge on any atom is -0.493 e. The Bertz CT molecular complexity index is 315. The highest BCUT2D eigenvalue weighted by molar-refractivity contribution is 5.40. The monoisotopic (exact) mass is 190 g/mol. The van der Waals surface area contributed by atoms with E-state index in [1.807, 2.05) is 0 Å². The third-order valence-corrected chi connectivity index (χ3v) is 2.77. The van der Waals surface area contributed by atoms with Crippen LogP contribution in [-0.2, 0) is 12.8 Å². The van der Waals surface area contributed by atoms with Crippen molar-refractivity contribution in [3.8, 4) is 5.75 Å². The normalized spacial score (nSPS) is 14.2. The lowest BCUT2D eigenvalue weighted by Crippen LogP contribution is -1.92. The first-order valence-electron chi connectivity index (χ1n) is 5.50. The summed E-state index contributed by atoms with van der Waals surface area (Å²) in [5, 5.41) is 0. The lowest BCUT2D eigenvalue weighted by molar-refractivity contribution is 0.356. The molecule has 0 amide bonds. The molecule has 0 saturated heterocycles. The first kappa shape index (κ1) is 9.57. The zero-order chi connectivity index (χ0) is 9.97. The maximum atomic E-state index is 5.55. The van der Waals surface area contributed by atoms with Gasteiger partial charge in [-0.1, -0.05) is 26.0 Å². The zero-order valence-corrected chi connectivity index (χ0v) is 9.05. The summed E-state index contributed by atoms with van der Waals surface area (Å²) in [5.74, 6) is 1.90. The predicted octanol–water partition coefficient (Wildman–Crippen LogP) is 3.21. The van der Waals surface area contributed by atoms with Crippen molar-refractivity contribution >= 4 is 0 Å².